The van der Waals surface area contributed by atoms with E-state index >= 15 is 0 Å². The standard InChI is InChI=1S/C23H27FN6O2/c1-15-12-26-29(2)21(15)20-18(24)13-25-23(28-20)30-10-8-17(9-11-30)22(32)27-19(14-31)16-6-4-3-5-7-16/h3-7,12-13,17,19,31H,8-11,14H2,1-2H3,(H,27,32)/t19-/m1/s1. The number of amides is 1. The van der Waals surface area contributed by atoms with Gasteiger partial charge in [-0.05, 0) is 30.9 Å². The molecule has 9 heteroatoms. The van der Waals surface area contributed by atoms with Gasteiger partial charge in [0.05, 0.1) is 30.7 Å². The number of aliphatic hydroxyl groups is 1. The first kappa shape index (κ1) is 21.9. The van der Waals surface area contributed by atoms with E-state index in [1.165, 1.54) is 6.20 Å². The van der Waals surface area contributed by atoms with Crippen molar-refractivity contribution in [1.82, 2.24) is 25.1 Å². The van der Waals surface area contributed by atoms with E-state index in [2.05, 4.69) is 20.4 Å². The Bertz CT molecular complexity index is 1060. The van der Waals surface area contributed by atoms with Crippen LogP contribution in [0.3, 0.4) is 0 Å². The minimum atomic E-state index is -0.495. The highest BCUT2D eigenvalue weighted by molar-refractivity contribution is 5.79. The van der Waals surface area contributed by atoms with Crippen molar-refractivity contribution in [3.05, 3.63) is 59.7 Å². The summed E-state index contributed by atoms with van der Waals surface area (Å²) in [5, 5.41) is 16.8. The van der Waals surface area contributed by atoms with E-state index in [1.54, 1.807) is 17.9 Å². The number of benzene rings is 1. The van der Waals surface area contributed by atoms with Crippen molar-refractivity contribution < 1.29 is 14.3 Å². The summed E-state index contributed by atoms with van der Waals surface area (Å²) in [5.74, 6) is -0.286. The molecule has 0 radical (unpaired) electrons. The normalized spacial score (nSPS) is 15.6. The van der Waals surface area contributed by atoms with Gasteiger partial charge in [0, 0.05) is 26.1 Å². The Balaban J connectivity index is 1.42. The topological polar surface area (TPSA) is 96.2 Å². The quantitative estimate of drug-likeness (QED) is 0.614. The number of aryl methyl sites for hydroxylation is 2. The maximum atomic E-state index is 14.5. The molecule has 0 unspecified atom stereocenters. The zero-order valence-electron chi connectivity index (χ0n) is 18.2. The van der Waals surface area contributed by atoms with Crippen molar-refractivity contribution in [2.24, 2.45) is 13.0 Å². The zero-order chi connectivity index (χ0) is 22.7. The number of aromatic nitrogens is 4. The summed E-state index contributed by atoms with van der Waals surface area (Å²) in [4.78, 5) is 23.4. The average molecular weight is 439 g/mol. The Morgan fingerprint density at radius 3 is 2.59 bits per heavy atom. The highest BCUT2D eigenvalue weighted by atomic mass is 19.1. The van der Waals surface area contributed by atoms with Gasteiger partial charge in [-0.15, -0.1) is 0 Å². The van der Waals surface area contributed by atoms with Crippen LogP contribution in [0.25, 0.3) is 11.4 Å². The second-order valence-electron chi connectivity index (χ2n) is 8.08. The number of carbonyl (C=O) groups is 1. The SMILES string of the molecule is Cc1cnn(C)c1-c1nc(N2CCC(C(=O)N[C@H](CO)c3ccccc3)CC2)ncc1F. The van der Waals surface area contributed by atoms with Gasteiger partial charge in [-0.25, -0.2) is 14.4 Å². The molecule has 4 rings (SSSR count). The number of aliphatic hydroxyl groups excluding tert-OH is 1. The van der Waals surface area contributed by atoms with Crippen LogP contribution in [-0.4, -0.2) is 50.5 Å². The van der Waals surface area contributed by atoms with Gasteiger partial charge >= 0.3 is 0 Å². The Morgan fingerprint density at radius 2 is 1.97 bits per heavy atom. The number of carbonyl (C=O) groups excluding carboxylic acids is 1. The van der Waals surface area contributed by atoms with Crippen molar-refractivity contribution in [1.29, 1.82) is 0 Å². The number of rotatable bonds is 6. The van der Waals surface area contributed by atoms with Crippen LogP contribution in [0.4, 0.5) is 10.3 Å². The van der Waals surface area contributed by atoms with E-state index in [9.17, 15) is 14.3 Å². The van der Waals surface area contributed by atoms with Gasteiger partial charge in [0.15, 0.2) is 5.82 Å². The van der Waals surface area contributed by atoms with E-state index in [-0.39, 0.29) is 24.1 Å². The lowest BCUT2D eigenvalue weighted by Gasteiger charge is -2.32. The van der Waals surface area contributed by atoms with Crippen LogP contribution in [0, 0.1) is 18.7 Å². The van der Waals surface area contributed by atoms with Gasteiger partial charge in [-0.2, -0.15) is 5.10 Å². The number of anilines is 1. The van der Waals surface area contributed by atoms with Crippen molar-refractivity contribution in [2.75, 3.05) is 24.6 Å². The molecule has 1 amide bonds. The Labute approximate surface area is 186 Å². The molecule has 2 aromatic heterocycles. The maximum Gasteiger partial charge on any atom is 0.226 e. The van der Waals surface area contributed by atoms with Gasteiger partial charge in [-0.1, -0.05) is 30.3 Å². The molecule has 0 saturated carbocycles. The molecule has 32 heavy (non-hydrogen) atoms. The molecule has 0 bridgehead atoms. The summed E-state index contributed by atoms with van der Waals surface area (Å²) in [6, 6.07) is 9.01. The second kappa shape index (κ2) is 9.44. The summed E-state index contributed by atoms with van der Waals surface area (Å²) in [6.07, 6.45) is 4.11. The third kappa shape index (κ3) is 4.47. The van der Waals surface area contributed by atoms with Crippen LogP contribution < -0.4 is 10.2 Å². The fourth-order valence-corrected chi connectivity index (χ4v) is 4.11. The first-order chi connectivity index (χ1) is 15.5. The van der Waals surface area contributed by atoms with Crippen molar-refractivity contribution >= 4 is 11.9 Å². The number of nitrogens with zero attached hydrogens (tertiary/aromatic N) is 5. The summed E-state index contributed by atoms with van der Waals surface area (Å²) >= 11 is 0. The molecule has 8 nitrogen and oxygen atoms in total. The lowest BCUT2D eigenvalue weighted by atomic mass is 9.95. The maximum absolute atomic E-state index is 14.5. The summed E-state index contributed by atoms with van der Waals surface area (Å²) in [5.41, 5.74) is 2.55. The van der Waals surface area contributed by atoms with Crippen molar-refractivity contribution in [3.8, 4) is 11.4 Å². The fraction of sp³-hybridized carbons (Fsp3) is 0.391. The third-order valence-corrected chi connectivity index (χ3v) is 5.93. The predicted molar refractivity (Wildman–Crippen MR) is 118 cm³/mol. The van der Waals surface area contributed by atoms with Crippen molar-refractivity contribution in [2.45, 2.75) is 25.8 Å². The number of hydrogen-bond donors (Lipinski definition) is 2. The van der Waals surface area contributed by atoms with E-state index in [0.717, 1.165) is 11.1 Å². The minimum Gasteiger partial charge on any atom is -0.394 e. The molecule has 1 aliphatic rings. The first-order valence-electron chi connectivity index (χ1n) is 10.7. The number of hydrogen-bond acceptors (Lipinski definition) is 6. The smallest absolute Gasteiger partial charge is 0.226 e. The van der Waals surface area contributed by atoms with Crippen LogP contribution >= 0.6 is 0 Å². The molecular formula is C23H27FN6O2. The van der Waals surface area contributed by atoms with Gasteiger partial charge in [0.2, 0.25) is 11.9 Å². The first-order valence-corrected chi connectivity index (χ1v) is 10.7. The van der Waals surface area contributed by atoms with E-state index in [1.807, 2.05) is 42.2 Å². The molecule has 168 valence electrons. The molecule has 1 atom stereocenters. The molecule has 0 aliphatic carbocycles. The molecule has 1 fully saturated rings. The molecule has 2 N–H and O–H groups in total. The molecule has 3 heterocycles. The average Bonchev–Trinajstić information content (AvgIpc) is 3.16. The summed E-state index contributed by atoms with van der Waals surface area (Å²) < 4.78 is 16.1. The molecular weight excluding hydrogens is 411 g/mol. The summed E-state index contributed by atoms with van der Waals surface area (Å²) in [6.45, 7) is 2.88. The van der Waals surface area contributed by atoms with E-state index in [4.69, 9.17) is 0 Å². The fourth-order valence-electron chi connectivity index (χ4n) is 4.11. The molecule has 1 saturated heterocycles. The Morgan fingerprint density at radius 1 is 1.25 bits per heavy atom. The van der Waals surface area contributed by atoms with Gasteiger partial charge < -0.3 is 15.3 Å². The Hall–Kier alpha value is -3.33. The van der Waals surface area contributed by atoms with Crippen LogP contribution in [-0.2, 0) is 11.8 Å². The second-order valence-corrected chi connectivity index (χ2v) is 8.08. The van der Waals surface area contributed by atoms with Gasteiger partial charge in [0.25, 0.3) is 0 Å². The van der Waals surface area contributed by atoms with Crippen LogP contribution in [0.15, 0.2) is 42.7 Å². The van der Waals surface area contributed by atoms with Crippen LogP contribution in [0.1, 0.15) is 30.0 Å². The van der Waals surface area contributed by atoms with Crippen molar-refractivity contribution in [3.63, 3.8) is 0 Å². The van der Waals surface area contributed by atoms with Gasteiger partial charge in [0.1, 0.15) is 5.69 Å². The molecule has 0 spiro atoms. The number of nitrogens with one attached hydrogen (secondary N) is 1. The van der Waals surface area contributed by atoms with Gasteiger partial charge in [-0.3, -0.25) is 9.48 Å². The van der Waals surface area contributed by atoms with Crippen LogP contribution in [0.2, 0.25) is 0 Å². The Kier molecular flexibility index (Phi) is 6.45. The number of halogens is 1. The number of piperidine rings is 1. The zero-order valence-corrected chi connectivity index (χ0v) is 18.2. The lowest BCUT2D eigenvalue weighted by molar-refractivity contribution is -0.126. The lowest BCUT2D eigenvalue weighted by Crippen LogP contribution is -2.42. The summed E-state index contributed by atoms with van der Waals surface area (Å²) in [7, 11) is 1.75. The van der Waals surface area contributed by atoms with E-state index < -0.39 is 11.9 Å². The molecule has 3 aromatic rings. The van der Waals surface area contributed by atoms with Crippen LogP contribution in [0.5, 0.6) is 0 Å². The monoisotopic (exact) mass is 438 g/mol. The largest absolute Gasteiger partial charge is 0.394 e. The predicted octanol–water partition coefficient (Wildman–Crippen LogP) is 2.39. The van der Waals surface area contributed by atoms with E-state index in [0.29, 0.717) is 37.6 Å². The minimum absolute atomic E-state index is 0.0706. The third-order valence-electron chi connectivity index (χ3n) is 5.93. The molecule has 1 aliphatic heterocycles. The molecule has 1 aromatic carbocycles. The highest BCUT2D eigenvalue weighted by Crippen LogP contribution is 2.27. The highest BCUT2D eigenvalue weighted by Gasteiger charge is 2.28.